The van der Waals surface area contributed by atoms with Crippen molar-refractivity contribution in [1.82, 2.24) is 0 Å². The molecular formula is C19H26O3. The van der Waals surface area contributed by atoms with Crippen molar-refractivity contribution in [2.75, 3.05) is 6.61 Å². The maximum Gasteiger partial charge on any atom is 0.130 e. The third-order valence-corrected chi connectivity index (χ3v) is 4.13. The van der Waals surface area contributed by atoms with E-state index in [2.05, 4.69) is 25.6 Å². The Kier molecular flexibility index (Phi) is 5.92. The second kappa shape index (κ2) is 7.70. The molecule has 1 heterocycles. The molecule has 1 aromatic carbocycles. The van der Waals surface area contributed by atoms with E-state index < -0.39 is 0 Å². The van der Waals surface area contributed by atoms with Crippen molar-refractivity contribution >= 4 is 5.78 Å². The highest BCUT2D eigenvalue weighted by Gasteiger charge is 2.37. The van der Waals surface area contributed by atoms with Crippen LogP contribution in [0.3, 0.4) is 0 Å². The summed E-state index contributed by atoms with van der Waals surface area (Å²) < 4.78 is 12.0. The summed E-state index contributed by atoms with van der Waals surface area (Å²) in [6.45, 7) is 8.98. The van der Waals surface area contributed by atoms with Gasteiger partial charge in [-0.15, -0.1) is 0 Å². The van der Waals surface area contributed by atoms with E-state index >= 15 is 0 Å². The van der Waals surface area contributed by atoms with Crippen LogP contribution in [0.1, 0.15) is 45.1 Å². The zero-order chi connectivity index (χ0) is 16.0. The molecule has 3 heteroatoms. The molecule has 0 aromatic heterocycles. The first kappa shape index (κ1) is 16.9. The molecule has 2 atom stereocenters. The van der Waals surface area contributed by atoms with Crippen LogP contribution in [0.5, 0.6) is 0 Å². The van der Waals surface area contributed by atoms with Gasteiger partial charge in [-0.2, -0.15) is 0 Å². The van der Waals surface area contributed by atoms with Crippen LogP contribution in [-0.2, 0) is 20.9 Å². The van der Waals surface area contributed by atoms with Gasteiger partial charge in [-0.25, -0.2) is 0 Å². The molecule has 1 aromatic rings. The van der Waals surface area contributed by atoms with Gasteiger partial charge in [0.25, 0.3) is 0 Å². The lowest BCUT2D eigenvalue weighted by Crippen LogP contribution is -2.31. The van der Waals surface area contributed by atoms with Crippen molar-refractivity contribution in [2.45, 2.75) is 57.8 Å². The molecule has 0 unspecified atom stereocenters. The van der Waals surface area contributed by atoms with Gasteiger partial charge in [-0.1, -0.05) is 36.9 Å². The number of carbonyl (C=O) groups excluding carboxylic acids is 1. The topological polar surface area (TPSA) is 35.5 Å². The lowest BCUT2D eigenvalue weighted by molar-refractivity contribution is -0.117. The quantitative estimate of drug-likeness (QED) is 0.679. The highest BCUT2D eigenvalue weighted by atomic mass is 16.6. The molecule has 1 saturated heterocycles. The predicted molar refractivity (Wildman–Crippen MR) is 87.7 cm³/mol. The van der Waals surface area contributed by atoms with Crippen LogP contribution in [0.2, 0.25) is 0 Å². The van der Waals surface area contributed by atoms with Crippen molar-refractivity contribution in [3.05, 3.63) is 48.0 Å². The molecular weight excluding hydrogens is 276 g/mol. The third-order valence-electron chi connectivity index (χ3n) is 4.13. The van der Waals surface area contributed by atoms with Crippen LogP contribution in [0.25, 0.3) is 0 Å². The molecule has 0 bridgehead atoms. The summed E-state index contributed by atoms with van der Waals surface area (Å²) >= 11 is 0. The number of rotatable bonds is 8. The highest BCUT2D eigenvalue weighted by Crippen LogP contribution is 2.34. The molecule has 22 heavy (non-hydrogen) atoms. The summed E-state index contributed by atoms with van der Waals surface area (Å²) in [5.41, 5.74) is 1.95. The number of ether oxygens (including phenoxy) is 2. The van der Waals surface area contributed by atoms with Crippen molar-refractivity contribution in [1.29, 1.82) is 0 Å². The minimum Gasteiger partial charge on any atom is -0.374 e. The Hall–Kier alpha value is -1.45. The van der Waals surface area contributed by atoms with Crippen molar-refractivity contribution in [2.24, 2.45) is 0 Å². The van der Waals surface area contributed by atoms with Gasteiger partial charge in [0.15, 0.2) is 0 Å². The van der Waals surface area contributed by atoms with Gasteiger partial charge in [-0.05, 0) is 44.2 Å². The molecule has 120 valence electrons. The summed E-state index contributed by atoms with van der Waals surface area (Å²) in [6.07, 6.45) is 3.26. The Morgan fingerprint density at radius 1 is 1.36 bits per heavy atom. The smallest absolute Gasteiger partial charge is 0.130 e. The largest absolute Gasteiger partial charge is 0.374 e. The normalized spacial score (nSPS) is 24.4. The summed E-state index contributed by atoms with van der Waals surface area (Å²) in [5, 5.41) is 0. The van der Waals surface area contributed by atoms with Crippen LogP contribution < -0.4 is 0 Å². The first-order valence-electron chi connectivity index (χ1n) is 7.95. The number of carbonyl (C=O) groups is 1. The molecule has 0 aliphatic carbocycles. The van der Waals surface area contributed by atoms with Crippen LogP contribution >= 0.6 is 0 Å². The molecule has 3 nitrogen and oxygen atoms in total. The highest BCUT2D eigenvalue weighted by molar-refractivity contribution is 5.75. The molecule has 2 rings (SSSR count). The molecule has 1 aliphatic heterocycles. The summed E-state index contributed by atoms with van der Waals surface area (Å²) in [6, 6.07) is 10.2. The predicted octanol–water partition coefficient (Wildman–Crippen LogP) is 4.07. The number of benzene rings is 1. The van der Waals surface area contributed by atoms with E-state index in [0.29, 0.717) is 19.6 Å². The van der Waals surface area contributed by atoms with E-state index in [-0.39, 0.29) is 17.5 Å². The Labute approximate surface area is 133 Å². The Morgan fingerprint density at radius 3 is 2.77 bits per heavy atom. The molecule has 0 amide bonds. The molecule has 1 aliphatic rings. The fourth-order valence-electron chi connectivity index (χ4n) is 2.75. The monoisotopic (exact) mass is 302 g/mol. The Balaban J connectivity index is 1.75. The van der Waals surface area contributed by atoms with Gasteiger partial charge in [0, 0.05) is 6.42 Å². The maximum atomic E-state index is 11.1. The Bertz CT molecular complexity index is 509. The van der Waals surface area contributed by atoms with Gasteiger partial charge in [0.2, 0.25) is 0 Å². The third kappa shape index (κ3) is 5.08. The van der Waals surface area contributed by atoms with Crippen molar-refractivity contribution in [3.8, 4) is 0 Å². The van der Waals surface area contributed by atoms with E-state index in [1.165, 1.54) is 5.56 Å². The second-order valence-corrected chi connectivity index (χ2v) is 6.43. The van der Waals surface area contributed by atoms with Crippen molar-refractivity contribution in [3.63, 3.8) is 0 Å². The van der Waals surface area contributed by atoms with E-state index in [1.54, 1.807) is 6.92 Å². The van der Waals surface area contributed by atoms with Crippen LogP contribution in [0, 0.1) is 0 Å². The molecule has 0 saturated carbocycles. The average Bonchev–Trinajstić information content (AvgIpc) is 2.88. The van der Waals surface area contributed by atoms with E-state index in [4.69, 9.17) is 9.47 Å². The molecule has 0 spiro atoms. The van der Waals surface area contributed by atoms with Gasteiger partial charge in [0.05, 0.1) is 24.9 Å². The number of hydrogen-bond acceptors (Lipinski definition) is 3. The van der Waals surface area contributed by atoms with Crippen LogP contribution in [0.4, 0.5) is 0 Å². The standard InChI is InChI=1S/C19H26O3/c1-15(9-10-16(2)20)18-11-12-19(3,22-18)14-21-13-17-7-5-4-6-8-17/h4-8,18H,1,9-14H2,2-3H3/t18-,19-/m1/s1. The number of Topliss-reactive ketones (excluding diaryl/α,β-unsaturated/α-hetero) is 1. The molecule has 0 N–H and O–H groups in total. The zero-order valence-electron chi connectivity index (χ0n) is 13.6. The first-order valence-corrected chi connectivity index (χ1v) is 7.95. The Morgan fingerprint density at radius 2 is 2.09 bits per heavy atom. The van der Waals surface area contributed by atoms with Crippen LogP contribution in [0.15, 0.2) is 42.5 Å². The lowest BCUT2D eigenvalue weighted by Gasteiger charge is -2.25. The fourth-order valence-corrected chi connectivity index (χ4v) is 2.75. The summed E-state index contributed by atoms with van der Waals surface area (Å²) in [4.78, 5) is 11.1. The lowest BCUT2D eigenvalue weighted by atomic mass is 9.99. The number of ketones is 1. The summed E-state index contributed by atoms with van der Waals surface area (Å²) in [7, 11) is 0. The zero-order valence-corrected chi connectivity index (χ0v) is 13.6. The van der Waals surface area contributed by atoms with Gasteiger partial charge >= 0.3 is 0 Å². The van der Waals surface area contributed by atoms with E-state index in [0.717, 1.165) is 24.8 Å². The van der Waals surface area contributed by atoms with E-state index in [9.17, 15) is 4.79 Å². The first-order chi connectivity index (χ1) is 10.5. The second-order valence-electron chi connectivity index (χ2n) is 6.43. The van der Waals surface area contributed by atoms with Crippen LogP contribution in [-0.4, -0.2) is 24.1 Å². The summed E-state index contributed by atoms with van der Waals surface area (Å²) in [5.74, 6) is 0.202. The molecule has 1 fully saturated rings. The SMILES string of the molecule is C=C(CCC(C)=O)[C@H]1CC[C@](C)(COCc2ccccc2)O1. The van der Waals surface area contributed by atoms with Gasteiger partial charge in [-0.3, -0.25) is 0 Å². The minimum absolute atomic E-state index is 0.0599. The maximum absolute atomic E-state index is 11.1. The molecule has 0 radical (unpaired) electrons. The van der Waals surface area contributed by atoms with E-state index in [1.807, 2.05) is 18.2 Å². The van der Waals surface area contributed by atoms with Gasteiger partial charge in [0.1, 0.15) is 5.78 Å². The fraction of sp³-hybridized carbons (Fsp3) is 0.526. The minimum atomic E-state index is -0.251. The van der Waals surface area contributed by atoms with Crippen molar-refractivity contribution < 1.29 is 14.3 Å². The van der Waals surface area contributed by atoms with Gasteiger partial charge < -0.3 is 14.3 Å². The number of hydrogen-bond donors (Lipinski definition) is 0. The average molecular weight is 302 g/mol.